The van der Waals surface area contributed by atoms with Crippen LogP contribution in [0.2, 0.25) is 0 Å². The summed E-state index contributed by atoms with van der Waals surface area (Å²) in [6, 6.07) is 0.320. The van der Waals surface area contributed by atoms with Gasteiger partial charge in [-0.25, -0.2) is 0 Å². The third kappa shape index (κ3) is 3.98. The molecule has 16 heavy (non-hydrogen) atoms. The van der Waals surface area contributed by atoms with E-state index in [4.69, 9.17) is 15.7 Å². The molecule has 0 amide bonds. The summed E-state index contributed by atoms with van der Waals surface area (Å²) in [5, 5.41) is 11.6. The maximum absolute atomic E-state index is 8.56. The summed E-state index contributed by atoms with van der Waals surface area (Å²) in [6.07, 6.45) is 4.25. The summed E-state index contributed by atoms with van der Waals surface area (Å²) >= 11 is 0. The van der Waals surface area contributed by atoms with E-state index in [2.05, 4.69) is 24.0 Å². The van der Waals surface area contributed by atoms with Crippen LogP contribution in [0.15, 0.2) is 5.16 Å². The van der Waals surface area contributed by atoms with Gasteiger partial charge in [-0.3, -0.25) is 0 Å². The molecular weight excluding hydrogens is 206 g/mol. The number of hydrogen-bond acceptors (Lipinski definition) is 4. The maximum Gasteiger partial charge on any atom is 0.140 e. The van der Waals surface area contributed by atoms with E-state index < -0.39 is 0 Å². The van der Waals surface area contributed by atoms with Crippen molar-refractivity contribution >= 4 is 5.84 Å². The normalized spacial score (nSPS) is 23.9. The summed E-state index contributed by atoms with van der Waals surface area (Å²) < 4.78 is 5.60. The first-order chi connectivity index (χ1) is 7.67. The van der Waals surface area contributed by atoms with Crippen LogP contribution in [0, 0.1) is 0 Å². The van der Waals surface area contributed by atoms with Crippen LogP contribution in [0.3, 0.4) is 0 Å². The standard InChI is InChI=1S/C11H23N3O2/c1-3-9(7-11(12)13-15)14(2)8-10-5-4-6-16-10/h9-10,15H,3-8H2,1-2H3,(H2,12,13). The predicted molar refractivity (Wildman–Crippen MR) is 63.7 cm³/mol. The van der Waals surface area contributed by atoms with Crippen molar-refractivity contribution in [1.82, 2.24) is 4.90 Å². The number of rotatable bonds is 6. The monoisotopic (exact) mass is 229 g/mol. The number of ether oxygens (including phenoxy) is 1. The number of nitrogens with two attached hydrogens (primary N) is 1. The van der Waals surface area contributed by atoms with E-state index in [0.29, 0.717) is 24.4 Å². The summed E-state index contributed by atoms with van der Waals surface area (Å²) in [7, 11) is 2.07. The van der Waals surface area contributed by atoms with E-state index in [1.807, 2.05) is 0 Å². The Kier molecular flexibility index (Phi) is 5.55. The Morgan fingerprint density at radius 1 is 1.69 bits per heavy atom. The Bertz CT molecular complexity index is 227. The zero-order chi connectivity index (χ0) is 12.0. The number of oxime groups is 1. The molecule has 1 saturated heterocycles. The van der Waals surface area contributed by atoms with Crippen LogP contribution in [0.5, 0.6) is 0 Å². The van der Waals surface area contributed by atoms with Gasteiger partial charge in [0, 0.05) is 25.6 Å². The average molecular weight is 229 g/mol. The Morgan fingerprint density at radius 2 is 2.44 bits per heavy atom. The molecule has 0 aromatic heterocycles. The lowest BCUT2D eigenvalue weighted by molar-refractivity contribution is 0.0681. The molecule has 2 unspecified atom stereocenters. The molecule has 1 heterocycles. The van der Waals surface area contributed by atoms with Gasteiger partial charge in [-0.2, -0.15) is 0 Å². The maximum atomic E-state index is 8.56. The van der Waals surface area contributed by atoms with E-state index >= 15 is 0 Å². The molecule has 1 aliphatic rings. The van der Waals surface area contributed by atoms with Crippen molar-refractivity contribution in [3.63, 3.8) is 0 Å². The summed E-state index contributed by atoms with van der Waals surface area (Å²) in [5.74, 6) is 0.297. The molecule has 2 atom stereocenters. The van der Waals surface area contributed by atoms with Crippen molar-refractivity contribution < 1.29 is 9.94 Å². The highest BCUT2D eigenvalue weighted by molar-refractivity contribution is 5.80. The molecule has 0 radical (unpaired) electrons. The van der Waals surface area contributed by atoms with Crippen molar-refractivity contribution in [2.45, 2.75) is 44.8 Å². The highest BCUT2D eigenvalue weighted by Gasteiger charge is 2.21. The van der Waals surface area contributed by atoms with E-state index in [0.717, 1.165) is 32.4 Å². The van der Waals surface area contributed by atoms with Gasteiger partial charge in [0.2, 0.25) is 0 Å². The van der Waals surface area contributed by atoms with Crippen LogP contribution in [0.25, 0.3) is 0 Å². The van der Waals surface area contributed by atoms with E-state index in [1.54, 1.807) is 0 Å². The molecule has 3 N–H and O–H groups in total. The van der Waals surface area contributed by atoms with Crippen molar-refractivity contribution in [3.05, 3.63) is 0 Å². The minimum absolute atomic E-state index is 0.297. The van der Waals surface area contributed by atoms with Gasteiger partial charge in [-0.1, -0.05) is 12.1 Å². The fourth-order valence-corrected chi connectivity index (χ4v) is 2.15. The molecule has 0 saturated carbocycles. The van der Waals surface area contributed by atoms with Crippen molar-refractivity contribution in [2.75, 3.05) is 20.2 Å². The third-order valence-electron chi connectivity index (χ3n) is 3.18. The zero-order valence-electron chi connectivity index (χ0n) is 10.2. The van der Waals surface area contributed by atoms with Gasteiger partial charge in [0.1, 0.15) is 5.84 Å². The summed E-state index contributed by atoms with van der Waals surface area (Å²) in [5.41, 5.74) is 5.54. The SMILES string of the molecule is CCC(CC(N)=NO)N(C)CC1CCCO1. The Morgan fingerprint density at radius 3 is 2.94 bits per heavy atom. The molecule has 5 heteroatoms. The second kappa shape index (κ2) is 6.70. The van der Waals surface area contributed by atoms with Gasteiger partial charge in [-0.15, -0.1) is 0 Å². The van der Waals surface area contributed by atoms with Gasteiger partial charge < -0.3 is 20.6 Å². The lowest BCUT2D eigenvalue weighted by atomic mass is 10.1. The fourth-order valence-electron chi connectivity index (χ4n) is 2.15. The van der Waals surface area contributed by atoms with Crippen LogP contribution < -0.4 is 5.73 Å². The molecule has 5 nitrogen and oxygen atoms in total. The van der Waals surface area contributed by atoms with Gasteiger partial charge in [0.25, 0.3) is 0 Å². The van der Waals surface area contributed by atoms with Gasteiger partial charge in [0.15, 0.2) is 0 Å². The Hall–Kier alpha value is -0.810. The molecule has 0 bridgehead atoms. The second-order valence-electron chi connectivity index (χ2n) is 4.43. The Balaban J connectivity index is 2.38. The molecular formula is C11H23N3O2. The molecule has 0 spiro atoms. The number of amidine groups is 1. The van der Waals surface area contributed by atoms with Crippen molar-refractivity contribution in [1.29, 1.82) is 0 Å². The number of likely N-dealkylation sites (N-methyl/N-ethyl adjacent to an activating group) is 1. The van der Waals surface area contributed by atoms with Crippen LogP contribution in [0.4, 0.5) is 0 Å². The van der Waals surface area contributed by atoms with Crippen LogP contribution in [-0.2, 0) is 4.74 Å². The average Bonchev–Trinajstić information content (AvgIpc) is 2.77. The minimum Gasteiger partial charge on any atom is -0.409 e. The molecule has 1 fully saturated rings. The Labute approximate surface area is 97.2 Å². The van der Waals surface area contributed by atoms with Crippen LogP contribution in [-0.4, -0.2) is 48.3 Å². The molecule has 1 rings (SSSR count). The van der Waals surface area contributed by atoms with E-state index in [1.165, 1.54) is 0 Å². The molecule has 1 aliphatic heterocycles. The van der Waals surface area contributed by atoms with E-state index in [9.17, 15) is 0 Å². The van der Waals surface area contributed by atoms with Crippen molar-refractivity contribution in [2.24, 2.45) is 10.9 Å². The van der Waals surface area contributed by atoms with Gasteiger partial charge in [-0.05, 0) is 26.3 Å². The van der Waals surface area contributed by atoms with Crippen LogP contribution in [0.1, 0.15) is 32.6 Å². The summed E-state index contributed by atoms with van der Waals surface area (Å²) in [4.78, 5) is 2.24. The van der Waals surface area contributed by atoms with Crippen molar-refractivity contribution in [3.8, 4) is 0 Å². The summed E-state index contributed by atoms with van der Waals surface area (Å²) in [6.45, 7) is 3.92. The largest absolute Gasteiger partial charge is 0.409 e. The van der Waals surface area contributed by atoms with Gasteiger partial charge in [0.05, 0.1) is 6.10 Å². The number of nitrogens with zero attached hydrogens (tertiary/aromatic N) is 2. The minimum atomic E-state index is 0.297. The molecule has 0 aromatic carbocycles. The highest BCUT2D eigenvalue weighted by atomic mass is 16.5. The second-order valence-corrected chi connectivity index (χ2v) is 4.43. The molecule has 0 aliphatic carbocycles. The first kappa shape index (κ1) is 13.3. The number of hydrogen-bond donors (Lipinski definition) is 2. The fraction of sp³-hybridized carbons (Fsp3) is 0.909. The smallest absolute Gasteiger partial charge is 0.140 e. The van der Waals surface area contributed by atoms with Crippen LogP contribution >= 0.6 is 0 Å². The molecule has 0 aromatic rings. The first-order valence-corrected chi connectivity index (χ1v) is 5.95. The lowest BCUT2D eigenvalue weighted by Gasteiger charge is -2.28. The molecule has 94 valence electrons. The lowest BCUT2D eigenvalue weighted by Crippen LogP contribution is -2.39. The van der Waals surface area contributed by atoms with Gasteiger partial charge >= 0.3 is 0 Å². The zero-order valence-corrected chi connectivity index (χ0v) is 10.2. The van der Waals surface area contributed by atoms with E-state index in [-0.39, 0.29) is 0 Å². The predicted octanol–water partition coefficient (Wildman–Crippen LogP) is 1.01. The quantitative estimate of drug-likeness (QED) is 0.309. The highest BCUT2D eigenvalue weighted by Crippen LogP contribution is 2.15. The first-order valence-electron chi connectivity index (χ1n) is 5.95. The third-order valence-corrected chi connectivity index (χ3v) is 3.18. The topological polar surface area (TPSA) is 71.1 Å².